The minimum absolute atomic E-state index is 0.0895. The van der Waals surface area contributed by atoms with E-state index in [0.29, 0.717) is 52.0 Å². The number of methoxy groups -OCH3 is 1. The number of hydrogen-bond acceptors (Lipinski definition) is 6. The van der Waals surface area contributed by atoms with Crippen LogP contribution in [0.4, 0.5) is 4.39 Å². The number of aryl methyl sites for hydroxylation is 2. The first kappa shape index (κ1) is 25.8. The van der Waals surface area contributed by atoms with Gasteiger partial charge in [-0.25, -0.2) is 9.37 Å². The second-order valence-corrected chi connectivity index (χ2v) is 9.52. The molecule has 2 aliphatic rings. The van der Waals surface area contributed by atoms with Crippen LogP contribution in [0.25, 0.3) is 11.3 Å². The summed E-state index contributed by atoms with van der Waals surface area (Å²) in [6.45, 7) is 3.37. The molecule has 36 heavy (non-hydrogen) atoms. The summed E-state index contributed by atoms with van der Waals surface area (Å²) in [6, 6.07) is 5.14. The first-order valence-electron chi connectivity index (χ1n) is 12.0. The third-order valence-corrected chi connectivity index (χ3v) is 6.39. The largest absolute Gasteiger partial charge is 0.481 e. The number of aromatic nitrogens is 3. The molecule has 7 nitrogen and oxygen atoms in total. The van der Waals surface area contributed by atoms with Gasteiger partial charge in [0.2, 0.25) is 5.88 Å². The smallest absolute Gasteiger partial charge is 0.306 e. The van der Waals surface area contributed by atoms with Crippen molar-refractivity contribution in [2.75, 3.05) is 7.11 Å². The number of halogens is 2. The van der Waals surface area contributed by atoms with Crippen LogP contribution in [0.2, 0.25) is 5.02 Å². The van der Waals surface area contributed by atoms with E-state index in [0.717, 1.165) is 5.56 Å². The Labute approximate surface area is 214 Å². The second-order valence-electron chi connectivity index (χ2n) is 9.11. The molecule has 3 aromatic rings. The fourth-order valence-corrected chi connectivity index (χ4v) is 4.06. The molecule has 190 valence electrons. The van der Waals surface area contributed by atoms with Crippen LogP contribution < -0.4 is 9.47 Å². The van der Waals surface area contributed by atoms with Crippen LogP contribution in [0, 0.1) is 18.7 Å². The van der Waals surface area contributed by atoms with E-state index in [1.165, 1.54) is 32.6 Å². The molecule has 1 aliphatic heterocycles. The lowest BCUT2D eigenvalue weighted by Crippen LogP contribution is -2.19. The van der Waals surface area contributed by atoms with Crippen LogP contribution in [0.3, 0.4) is 0 Å². The van der Waals surface area contributed by atoms with Crippen LogP contribution >= 0.6 is 11.6 Å². The Hall–Kier alpha value is -3.26. The van der Waals surface area contributed by atoms with Crippen molar-refractivity contribution in [3.05, 3.63) is 63.9 Å². The number of fused-ring (bicyclic) bond motifs is 1. The van der Waals surface area contributed by atoms with E-state index in [2.05, 4.69) is 15.0 Å². The highest BCUT2D eigenvalue weighted by Crippen LogP contribution is 2.38. The lowest BCUT2D eigenvalue weighted by atomic mass is 9.95. The maximum Gasteiger partial charge on any atom is 0.306 e. The van der Waals surface area contributed by atoms with Crippen LogP contribution in [0.5, 0.6) is 11.6 Å². The molecule has 1 fully saturated rings. The SMILES string of the molecule is C1CC1.COc1cc(-c2ncc(C3CCc4ccc(CC(C)C(=O)O)c(F)c4O3)nc2C)c(Cl)cn1. The molecule has 0 bridgehead atoms. The molecule has 2 unspecified atom stereocenters. The zero-order valence-electron chi connectivity index (χ0n) is 20.6. The molecule has 3 heterocycles. The van der Waals surface area contributed by atoms with E-state index >= 15 is 4.39 Å². The second kappa shape index (κ2) is 11.2. The van der Waals surface area contributed by atoms with E-state index < -0.39 is 23.8 Å². The quantitative estimate of drug-likeness (QED) is 0.422. The van der Waals surface area contributed by atoms with Crippen molar-refractivity contribution in [3.63, 3.8) is 0 Å². The molecular weight excluding hydrogens is 485 g/mol. The molecule has 5 rings (SSSR count). The van der Waals surface area contributed by atoms with Crippen LogP contribution in [0.15, 0.2) is 30.6 Å². The van der Waals surface area contributed by atoms with Gasteiger partial charge in [-0.1, -0.05) is 49.9 Å². The molecule has 2 aromatic heterocycles. The van der Waals surface area contributed by atoms with Gasteiger partial charge in [-0.05, 0) is 37.3 Å². The van der Waals surface area contributed by atoms with E-state index in [4.69, 9.17) is 26.2 Å². The lowest BCUT2D eigenvalue weighted by molar-refractivity contribution is -0.141. The molecule has 0 saturated heterocycles. The Balaban J connectivity index is 0.000000943. The summed E-state index contributed by atoms with van der Waals surface area (Å²) in [5.74, 6) is -1.61. The molecule has 1 saturated carbocycles. The monoisotopic (exact) mass is 513 g/mol. The summed E-state index contributed by atoms with van der Waals surface area (Å²) in [6.07, 6.45) is 8.46. The van der Waals surface area contributed by atoms with Gasteiger partial charge in [-0.15, -0.1) is 0 Å². The number of aliphatic carboxylic acids is 1. The van der Waals surface area contributed by atoms with Gasteiger partial charge in [0, 0.05) is 11.6 Å². The van der Waals surface area contributed by atoms with E-state index in [-0.39, 0.29) is 12.2 Å². The molecule has 9 heteroatoms. The van der Waals surface area contributed by atoms with Crippen molar-refractivity contribution in [2.24, 2.45) is 5.92 Å². The molecular formula is C27H29ClFN3O4. The van der Waals surface area contributed by atoms with Gasteiger partial charge in [-0.2, -0.15) is 0 Å². The Bertz CT molecular complexity index is 1270. The van der Waals surface area contributed by atoms with E-state index in [9.17, 15) is 4.79 Å². The van der Waals surface area contributed by atoms with Crippen molar-refractivity contribution in [2.45, 2.75) is 58.5 Å². The summed E-state index contributed by atoms with van der Waals surface area (Å²) in [5.41, 5.74) is 3.55. The number of hydrogen-bond donors (Lipinski definition) is 1. The molecule has 1 N–H and O–H groups in total. The highest BCUT2D eigenvalue weighted by Gasteiger charge is 2.28. The van der Waals surface area contributed by atoms with Crippen molar-refractivity contribution in [3.8, 4) is 22.9 Å². The van der Waals surface area contributed by atoms with Crippen molar-refractivity contribution >= 4 is 17.6 Å². The first-order chi connectivity index (χ1) is 17.3. The Kier molecular flexibility index (Phi) is 8.04. The predicted octanol–water partition coefficient (Wildman–Crippen LogP) is 6.15. The summed E-state index contributed by atoms with van der Waals surface area (Å²) in [4.78, 5) is 24.5. The van der Waals surface area contributed by atoms with Crippen molar-refractivity contribution in [1.82, 2.24) is 15.0 Å². The number of nitrogens with zero attached hydrogens (tertiary/aromatic N) is 3. The number of carboxylic acids is 1. The van der Waals surface area contributed by atoms with Gasteiger partial charge in [0.25, 0.3) is 0 Å². The average molecular weight is 514 g/mol. The van der Waals surface area contributed by atoms with Crippen molar-refractivity contribution < 1.29 is 23.8 Å². The lowest BCUT2D eigenvalue weighted by Gasteiger charge is -2.27. The molecule has 0 spiro atoms. The topological polar surface area (TPSA) is 94.4 Å². The highest BCUT2D eigenvalue weighted by atomic mass is 35.5. The fourth-order valence-electron chi connectivity index (χ4n) is 3.86. The standard InChI is InChI=1S/C24H23ClFN3O4.C3H6/c1-12(24(30)31)8-15-5-4-14-6-7-19(33-23(14)21(15)26)18-11-28-22(13(2)29-18)16-9-20(32-3)27-10-17(16)25;1-2-3-1/h4-5,9-12,19H,6-8H2,1-3H3,(H,30,31);1-3H2. The number of benzene rings is 1. The number of carbonyl (C=O) groups is 1. The molecule has 1 aromatic carbocycles. The number of rotatable bonds is 6. The van der Waals surface area contributed by atoms with Crippen LogP contribution in [0.1, 0.15) is 61.2 Å². The van der Waals surface area contributed by atoms with Gasteiger partial charge in [0.15, 0.2) is 11.6 Å². The van der Waals surface area contributed by atoms with E-state index in [1.54, 1.807) is 31.3 Å². The van der Waals surface area contributed by atoms with Gasteiger partial charge < -0.3 is 14.6 Å². The Morgan fingerprint density at radius 3 is 2.67 bits per heavy atom. The maximum absolute atomic E-state index is 15.2. The van der Waals surface area contributed by atoms with Gasteiger partial charge in [0.1, 0.15) is 6.10 Å². The minimum Gasteiger partial charge on any atom is -0.481 e. The third-order valence-electron chi connectivity index (χ3n) is 6.09. The Morgan fingerprint density at radius 2 is 2.03 bits per heavy atom. The van der Waals surface area contributed by atoms with Gasteiger partial charge >= 0.3 is 5.97 Å². The molecule has 1 aliphatic carbocycles. The zero-order valence-corrected chi connectivity index (χ0v) is 21.3. The molecule has 2 atom stereocenters. The average Bonchev–Trinajstić information content (AvgIpc) is 3.76. The van der Waals surface area contributed by atoms with Crippen molar-refractivity contribution in [1.29, 1.82) is 0 Å². The molecule has 0 radical (unpaired) electrons. The zero-order chi connectivity index (χ0) is 25.8. The summed E-state index contributed by atoms with van der Waals surface area (Å²) in [7, 11) is 1.52. The maximum atomic E-state index is 15.2. The number of pyridine rings is 1. The predicted molar refractivity (Wildman–Crippen MR) is 134 cm³/mol. The number of carboxylic acid groups (broad SMARTS) is 1. The highest BCUT2D eigenvalue weighted by molar-refractivity contribution is 6.33. The van der Waals surface area contributed by atoms with Crippen LogP contribution in [-0.2, 0) is 17.6 Å². The fraction of sp³-hybridized carbons (Fsp3) is 0.407. The Morgan fingerprint density at radius 1 is 1.28 bits per heavy atom. The summed E-state index contributed by atoms with van der Waals surface area (Å²) in [5, 5.41) is 9.58. The van der Waals surface area contributed by atoms with Gasteiger partial charge in [-0.3, -0.25) is 14.8 Å². The molecule has 0 amide bonds. The minimum atomic E-state index is -0.969. The van der Waals surface area contributed by atoms with E-state index in [1.807, 2.05) is 6.92 Å². The van der Waals surface area contributed by atoms with Crippen LogP contribution in [-0.4, -0.2) is 33.1 Å². The normalized spacial score (nSPS) is 16.6. The van der Waals surface area contributed by atoms with Gasteiger partial charge in [0.05, 0.1) is 47.5 Å². The summed E-state index contributed by atoms with van der Waals surface area (Å²) >= 11 is 6.30. The summed E-state index contributed by atoms with van der Waals surface area (Å²) < 4.78 is 26.3. The third kappa shape index (κ3) is 5.93. The first-order valence-corrected chi connectivity index (χ1v) is 12.4. The number of ether oxygens (including phenoxy) is 2.